The van der Waals surface area contributed by atoms with Crippen molar-refractivity contribution >= 4 is 27.0 Å². The van der Waals surface area contributed by atoms with Crippen molar-refractivity contribution in [3.05, 3.63) is 72.1 Å². The first-order chi connectivity index (χ1) is 16.5. The van der Waals surface area contributed by atoms with E-state index in [1.54, 1.807) is 33.0 Å². The lowest BCUT2D eigenvalue weighted by Gasteiger charge is -2.21. The van der Waals surface area contributed by atoms with Gasteiger partial charge in [0.2, 0.25) is 16.0 Å². The van der Waals surface area contributed by atoms with Gasteiger partial charge in [0.1, 0.15) is 4.90 Å². The minimum absolute atomic E-state index is 0.0365. The van der Waals surface area contributed by atoms with E-state index in [-0.39, 0.29) is 17.5 Å². The predicted molar refractivity (Wildman–Crippen MR) is 138 cm³/mol. The zero-order valence-electron chi connectivity index (χ0n) is 20.6. The number of methoxy groups -OCH3 is 1. The molecule has 3 N–H and O–H groups in total. The Morgan fingerprint density at radius 2 is 1.80 bits per heavy atom. The molecule has 0 aliphatic heterocycles. The van der Waals surface area contributed by atoms with Gasteiger partial charge in [-0.3, -0.25) is 4.98 Å². The number of nitrogens with zero attached hydrogens (tertiary/aromatic N) is 3. The maximum Gasteiger partial charge on any atom is 0.242 e. The van der Waals surface area contributed by atoms with Crippen LogP contribution in [0.5, 0.6) is 0 Å². The number of nitrogens with two attached hydrogens (primary N) is 1. The van der Waals surface area contributed by atoms with E-state index in [0.29, 0.717) is 17.2 Å². The molecule has 0 radical (unpaired) electrons. The number of hydrogen-bond acceptors (Lipinski definition) is 6. The fourth-order valence-corrected chi connectivity index (χ4v) is 5.77. The Morgan fingerprint density at radius 1 is 1.09 bits per heavy atom. The Hall–Kier alpha value is -3.27. The molecule has 1 atom stereocenters. The third-order valence-electron chi connectivity index (χ3n) is 5.66. The van der Waals surface area contributed by atoms with E-state index < -0.39 is 15.6 Å². The summed E-state index contributed by atoms with van der Waals surface area (Å²) in [5.41, 5.74) is 10.2. The van der Waals surface area contributed by atoms with Crippen LogP contribution in [-0.2, 0) is 21.4 Å². The SMILES string of the molecule is COCc1ncc(-c2ccc3nc(N)n(C(C)c4ccccc4)c3c2)cc1S(=O)(=O)NC(C)(C)C. The number of aromatic nitrogens is 3. The molecular weight excluding hydrogens is 462 g/mol. The van der Waals surface area contributed by atoms with Gasteiger partial charge in [-0.25, -0.2) is 18.1 Å². The molecule has 2 heterocycles. The second kappa shape index (κ2) is 9.41. The molecule has 8 nitrogen and oxygen atoms in total. The van der Waals surface area contributed by atoms with Crippen LogP contribution in [0.1, 0.15) is 45.0 Å². The van der Waals surface area contributed by atoms with Crippen LogP contribution < -0.4 is 10.5 Å². The number of benzene rings is 2. The monoisotopic (exact) mass is 493 g/mol. The molecule has 4 rings (SSSR count). The maximum absolute atomic E-state index is 13.2. The van der Waals surface area contributed by atoms with Crippen LogP contribution in [0.3, 0.4) is 0 Å². The number of pyridine rings is 1. The van der Waals surface area contributed by atoms with E-state index in [1.165, 1.54) is 7.11 Å². The Balaban J connectivity index is 1.84. The standard InChI is InChI=1S/C26H31N5O3S/c1-17(18-9-7-6-8-10-18)31-23-13-19(11-12-21(23)29-25(31)27)20-14-24(22(16-34-5)28-15-20)35(32,33)30-26(2,3)4/h6-15,17,30H,16H2,1-5H3,(H2,27,29). The summed E-state index contributed by atoms with van der Waals surface area (Å²) in [7, 11) is -2.32. The topological polar surface area (TPSA) is 112 Å². The average Bonchev–Trinajstić information content (AvgIpc) is 3.13. The summed E-state index contributed by atoms with van der Waals surface area (Å²) in [6, 6.07) is 17.4. The number of fused-ring (bicyclic) bond motifs is 1. The molecule has 0 amide bonds. The summed E-state index contributed by atoms with van der Waals surface area (Å²) in [5, 5.41) is 0. The van der Waals surface area contributed by atoms with Crippen molar-refractivity contribution in [2.45, 2.75) is 50.8 Å². The molecule has 0 fully saturated rings. The van der Waals surface area contributed by atoms with Crippen molar-refractivity contribution in [2.75, 3.05) is 12.8 Å². The fraction of sp³-hybridized carbons (Fsp3) is 0.308. The highest BCUT2D eigenvalue weighted by Crippen LogP contribution is 2.32. The molecule has 0 spiro atoms. The van der Waals surface area contributed by atoms with Gasteiger partial charge in [-0.15, -0.1) is 0 Å². The van der Waals surface area contributed by atoms with E-state index in [0.717, 1.165) is 22.2 Å². The molecule has 4 aromatic rings. The van der Waals surface area contributed by atoms with E-state index in [2.05, 4.69) is 33.7 Å². The summed E-state index contributed by atoms with van der Waals surface area (Å²) in [6.45, 7) is 7.54. The summed E-state index contributed by atoms with van der Waals surface area (Å²) in [6.07, 6.45) is 1.66. The molecule has 0 bridgehead atoms. The minimum atomic E-state index is -3.83. The lowest BCUT2D eigenvalue weighted by molar-refractivity contribution is 0.179. The highest BCUT2D eigenvalue weighted by molar-refractivity contribution is 7.89. The first-order valence-corrected chi connectivity index (χ1v) is 12.8. The van der Waals surface area contributed by atoms with Crippen molar-refractivity contribution in [1.82, 2.24) is 19.3 Å². The summed E-state index contributed by atoms with van der Waals surface area (Å²) in [5.74, 6) is 0.416. The Labute approximate surface area is 206 Å². The zero-order valence-corrected chi connectivity index (χ0v) is 21.4. The van der Waals surface area contributed by atoms with E-state index >= 15 is 0 Å². The first kappa shape index (κ1) is 24.8. The molecule has 0 saturated heterocycles. The Kier molecular flexibility index (Phi) is 6.68. The zero-order chi connectivity index (χ0) is 25.4. The number of nitrogen functional groups attached to an aromatic ring is 1. The number of sulfonamides is 1. The largest absolute Gasteiger partial charge is 0.378 e. The molecule has 1 unspecified atom stereocenters. The average molecular weight is 494 g/mol. The van der Waals surface area contributed by atoms with Gasteiger partial charge in [0, 0.05) is 24.4 Å². The van der Waals surface area contributed by atoms with Crippen LogP contribution in [0.15, 0.2) is 65.7 Å². The van der Waals surface area contributed by atoms with Gasteiger partial charge in [-0.1, -0.05) is 36.4 Å². The van der Waals surface area contributed by atoms with Crippen molar-refractivity contribution in [1.29, 1.82) is 0 Å². The molecule has 0 saturated carbocycles. The number of ether oxygens (including phenoxy) is 1. The first-order valence-electron chi connectivity index (χ1n) is 11.3. The second-order valence-electron chi connectivity index (χ2n) is 9.59. The molecule has 2 aromatic carbocycles. The second-order valence-corrected chi connectivity index (χ2v) is 11.2. The molecule has 0 aliphatic carbocycles. The van der Waals surface area contributed by atoms with E-state index in [1.807, 2.05) is 41.0 Å². The number of anilines is 1. The van der Waals surface area contributed by atoms with Gasteiger partial charge >= 0.3 is 0 Å². The number of hydrogen-bond donors (Lipinski definition) is 2. The molecule has 9 heteroatoms. The fourth-order valence-electron chi connectivity index (χ4n) is 4.15. The van der Waals surface area contributed by atoms with Crippen LogP contribution in [0.2, 0.25) is 0 Å². The van der Waals surface area contributed by atoms with E-state index in [4.69, 9.17) is 10.5 Å². The summed E-state index contributed by atoms with van der Waals surface area (Å²) < 4.78 is 36.3. The summed E-state index contributed by atoms with van der Waals surface area (Å²) in [4.78, 5) is 9.07. The van der Waals surface area contributed by atoms with Crippen molar-refractivity contribution in [2.24, 2.45) is 0 Å². The van der Waals surface area contributed by atoms with Gasteiger partial charge in [-0.05, 0) is 57.0 Å². The van der Waals surface area contributed by atoms with Crippen LogP contribution in [0, 0.1) is 0 Å². The van der Waals surface area contributed by atoms with Gasteiger partial charge in [0.25, 0.3) is 0 Å². The van der Waals surface area contributed by atoms with Crippen LogP contribution >= 0.6 is 0 Å². The highest BCUT2D eigenvalue weighted by atomic mass is 32.2. The van der Waals surface area contributed by atoms with E-state index in [9.17, 15) is 8.42 Å². The molecule has 184 valence electrons. The van der Waals surface area contributed by atoms with Crippen molar-refractivity contribution in [3.63, 3.8) is 0 Å². The highest BCUT2D eigenvalue weighted by Gasteiger charge is 2.26. The van der Waals surface area contributed by atoms with Crippen molar-refractivity contribution in [3.8, 4) is 11.1 Å². The summed E-state index contributed by atoms with van der Waals surface area (Å²) >= 11 is 0. The lowest BCUT2D eigenvalue weighted by atomic mass is 10.1. The van der Waals surface area contributed by atoms with Gasteiger partial charge < -0.3 is 15.0 Å². The lowest BCUT2D eigenvalue weighted by Crippen LogP contribution is -2.40. The van der Waals surface area contributed by atoms with Crippen LogP contribution in [0.25, 0.3) is 22.2 Å². The normalized spacial score (nSPS) is 13.3. The minimum Gasteiger partial charge on any atom is -0.378 e. The Morgan fingerprint density at radius 3 is 2.46 bits per heavy atom. The van der Waals surface area contributed by atoms with Gasteiger partial charge in [-0.2, -0.15) is 0 Å². The molecule has 0 aliphatic rings. The number of imidazole rings is 1. The van der Waals surface area contributed by atoms with Gasteiger partial charge in [0.05, 0.1) is 29.4 Å². The number of nitrogens with one attached hydrogen (secondary N) is 1. The molecule has 35 heavy (non-hydrogen) atoms. The molecular formula is C26H31N5O3S. The van der Waals surface area contributed by atoms with Crippen LogP contribution in [-0.4, -0.2) is 35.6 Å². The predicted octanol–water partition coefficient (Wildman–Crippen LogP) is 4.51. The van der Waals surface area contributed by atoms with Crippen molar-refractivity contribution < 1.29 is 13.2 Å². The molecule has 2 aromatic heterocycles. The Bertz CT molecular complexity index is 1460. The smallest absolute Gasteiger partial charge is 0.242 e. The maximum atomic E-state index is 13.2. The van der Waals surface area contributed by atoms with Gasteiger partial charge in [0.15, 0.2) is 0 Å². The quantitative estimate of drug-likeness (QED) is 0.392. The number of rotatable bonds is 7. The third kappa shape index (κ3) is 5.22. The third-order valence-corrected chi connectivity index (χ3v) is 7.47. The van der Waals surface area contributed by atoms with Crippen LogP contribution in [0.4, 0.5) is 5.95 Å².